The molecule has 202 valence electrons. The van der Waals surface area contributed by atoms with Crippen molar-refractivity contribution in [3.8, 4) is 5.75 Å². The SMILES string of the molecule is CC(C)(C)[C@H]1CCc2c(sc(N=Cc3ccc(OCc4ccccc4Cl)cc3)c2C(=O)NCc2ccco2)C1. The van der Waals surface area contributed by atoms with Gasteiger partial charge >= 0.3 is 0 Å². The average Bonchev–Trinajstić information content (AvgIpc) is 3.57. The molecule has 5 nitrogen and oxygen atoms in total. The fraction of sp³-hybridized carbons (Fsp3) is 0.312. The number of thiophene rings is 1. The first kappa shape index (κ1) is 27.2. The van der Waals surface area contributed by atoms with Crippen LogP contribution in [-0.2, 0) is 26.0 Å². The van der Waals surface area contributed by atoms with Gasteiger partial charge in [-0.1, -0.05) is 50.6 Å². The Balaban J connectivity index is 1.34. The van der Waals surface area contributed by atoms with Gasteiger partial charge in [0.05, 0.1) is 18.4 Å². The highest BCUT2D eigenvalue weighted by molar-refractivity contribution is 7.16. The fourth-order valence-corrected chi connectivity index (χ4v) is 6.32. The zero-order chi connectivity index (χ0) is 27.4. The Morgan fingerprint density at radius 3 is 2.67 bits per heavy atom. The number of hydrogen-bond donors (Lipinski definition) is 1. The van der Waals surface area contributed by atoms with Gasteiger partial charge in [0.15, 0.2) is 0 Å². The van der Waals surface area contributed by atoms with Crippen LogP contribution < -0.4 is 10.1 Å². The predicted octanol–water partition coefficient (Wildman–Crippen LogP) is 8.41. The van der Waals surface area contributed by atoms with Gasteiger partial charge in [0.25, 0.3) is 5.91 Å². The second kappa shape index (κ2) is 11.8. The van der Waals surface area contributed by atoms with Gasteiger partial charge < -0.3 is 14.5 Å². The van der Waals surface area contributed by atoms with Crippen molar-refractivity contribution in [2.24, 2.45) is 16.3 Å². The second-order valence-corrected chi connectivity index (χ2v) is 12.4. The van der Waals surface area contributed by atoms with E-state index in [2.05, 4.69) is 26.1 Å². The Morgan fingerprint density at radius 1 is 1.15 bits per heavy atom. The van der Waals surface area contributed by atoms with Gasteiger partial charge in [0, 0.05) is 21.7 Å². The molecule has 7 heteroatoms. The van der Waals surface area contributed by atoms with Crippen molar-refractivity contribution in [2.75, 3.05) is 0 Å². The zero-order valence-corrected chi connectivity index (χ0v) is 24.1. The fourth-order valence-electron chi connectivity index (χ4n) is 4.86. The molecule has 0 bridgehead atoms. The van der Waals surface area contributed by atoms with Crippen LogP contribution in [0, 0.1) is 11.3 Å². The number of furan rings is 1. The normalized spacial score (nSPS) is 15.3. The summed E-state index contributed by atoms with van der Waals surface area (Å²) in [4.78, 5) is 19.5. The molecule has 0 fully saturated rings. The van der Waals surface area contributed by atoms with Gasteiger partial charge in [0.1, 0.15) is 23.1 Å². The molecule has 0 spiro atoms. The van der Waals surface area contributed by atoms with Gasteiger partial charge in [-0.15, -0.1) is 11.3 Å². The number of benzene rings is 2. The van der Waals surface area contributed by atoms with Gasteiger partial charge in [-0.05, 0) is 84.2 Å². The van der Waals surface area contributed by atoms with Crippen LogP contribution in [0.1, 0.15) is 64.9 Å². The molecule has 1 N–H and O–H groups in total. The number of nitrogens with one attached hydrogen (secondary N) is 1. The van der Waals surface area contributed by atoms with Gasteiger partial charge in [0.2, 0.25) is 0 Å². The van der Waals surface area contributed by atoms with E-state index in [1.165, 1.54) is 4.88 Å². The van der Waals surface area contributed by atoms with Crippen molar-refractivity contribution >= 4 is 40.1 Å². The molecular weight excluding hydrogens is 528 g/mol. The standard InChI is InChI=1S/C32H33ClN2O3S/c1-32(2,3)23-12-15-26-28(17-23)39-31(29(26)30(36)34-19-25-8-6-16-37-25)35-18-21-10-13-24(14-11-21)38-20-22-7-4-5-9-27(22)33/h4-11,13-14,16,18,23H,12,15,17,19-20H2,1-3H3,(H,34,36)/t23-/m0/s1. The number of rotatable bonds is 8. The number of nitrogens with zero attached hydrogens (tertiary/aromatic N) is 1. The predicted molar refractivity (Wildman–Crippen MR) is 159 cm³/mol. The molecule has 39 heavy (non-hydrogen) atoms. The number of amides is 1. The van der Waals surface area contributed by atoms with Gasteiger partial charge in [-0.3, -0.25) is 4.79 Å². The van der Waals surface area contributed by atoms with E-state index in [-0.39, 0.29) is 11.3 Å². The minimum Gasteiger partial charge on any atom is -0.489 e. The summed E-state index contributed by atoms with van der Waals surface area (Å²) in [5, 5.41) is 4.48. The van der Waals surface area contributed by atoms with Crippen LogP contribution in [-0.4, -0.2) is 12.1 Å². The third-order valence-corrected chi connectivity index (χ3v) is 8.80. The third kappa shape index (κ3) is 6.63. The molecule has 0 unspecified atom stereocenters. The third-order valence-electron chi connectivity index (χ3n) is 7.26. The van der Waals surface area contributed by atoms with Gasteiger partial charge in [-0.25, -0.2) is 4.99 Å². The molecule has 1 aliphatic carbocycles. The van der Waals surface area contributed by atoms with Crippen molar-refractivity contribution in [3.05, 3.63) is 105 Å². The summed E-state index contributed by atoms with van der Waals surface area (Å²) >= 11 is 7.88. The van der Waals surface area contributed by atoms with E-state index in [0.717, 1.165) is 52.5 Å². The van der Waals surface area contributed by atoms with Crippen LogP contribution in [0.4, 0.5) is 5.00 Å². The summed E-state index contributed by atoms with van der Waals surface area (Å²) in [5.74, 6) is 1.96. The summed E-state index contributed by atoms with van der Waals surface area (Å²) in [5.41, 5.74) is 3.94. The van der Waals surface area contributed by atoms with Crippen LogP contribution in [0.5, 0.6) is 5.75 Å². The van der Waals surface area contributed by atoms with E-state index in [1.54, 1.807) is 17.6 Å². The molecular formula is C32H33ClN2O3S. The second-order valence-electron chi connectivity index (χ2n) is 11.0. The lowest BCUT2D eigenvalue weighted by Gasteiger charge is -2.33. The number of aliphatic imine (C=N–C) groups is 1. The van der Waals surface area contributed by atoms with E-state index in [4.69, 9.17) is 25.7 Å². The van der Waals surface area contributed by atoms with E-state index in [0.29, 0.717) is 29.7 Å². The number of fused-ring (bicyclic) bond motifs is 1. The molecule has 0 aliphatic heterocycles. The monoisotopic (exact) mass is 560 g/mol. The molecule has 0 saturated heterocycles. The molecule has 0 radical (unpaired) electrons. The Morgan fingerprint density at radius 2 is 1.95 bits per heavy atom. The van der Waals surface area contributed by atoms with Crippen LogP contribution >= 0.6 is 22.9 Å². The van der Waals surface area contributed by atoms with Crippen molar-refractivity contribution in [3.63, 3.8) is 0 Å². The number of halogens is 1. The van der Waals surface area contributed by atoms with Crippen molar-refractivity contribution in [1.82, 2.24) is 5.32 Å². The molecule has 1 amide bonds. The van der Waals surface area contributed by atoms with E-state index >= 15 is 0 Å². The van der Waals surface area contributed by atoms with E-state index in [1.807, 2.05) is 66.9 Å². The molecule has 2 aromatic carbocycles. The summed E-state index contributed by atoms with van der Waals surface area (Å²) in [6, 6.07) is 19.1. The van der Waals surface area contributed by atoms with Crippen LogP contribution in [0.3, 0.4) is 0 Å². The Bertz CT molecular complexity index is 1450. The Labute approximate surface area is 238 Å². The largest absolute Gasteiger partial charge is 0.489 e. The molecule has 5 rings (SSSR count). The van der Waals surface area contributed by atoms with Crippen molar-refractivity contribution in [1.29, 1.82) is 0 Å². The van der Waals surface area contributed by atoms with Crippen LogP contribution in [0.25, 0.3) is 0 Å². The molecule has 2 aromatic heterocycles. The molecule has 1 atom stereocenters. The lowest BCUT2D eigenvalue weighted by atomic mass is 9.72. The Kier molecular flexibility index (Phi) is 8.24. The number of carbonyl (C=O) groups excluding carboxylic acids is 1. The quantitative estimate of drug-likeness (QED) is 0.220. The first-order valence-electron chi connectivity index (χ1n) is 13.2. The maximum atomic E-state index is 13.4. The number of carbonyl (C=O) groups is 1. The first-order valence-corrected chi connectivity index (χ1v) is 14.4. The summed E-state index contributed by atoms with van der Waals surface area (Å²) in [6.07, 6.45) is 6.38. The lowest BCUT2D eigenvalue weighted by Crippen LogP contribution is -2.28. The summed E-state index contributed by atoms with van der Waals surface area (Å²) in [6.45, 7) is 7.65. The van der Waals surface area contributed by atoms with Crippen LogP contribution in [0.15, 0.2) is 76.3 Å². The Hall–Kier alpha value is -3.35. The number of ether oxygens (including phenoxy) is 1. The molecule has 1 aliphatic rings. The van der Waals surface area contributed by atoms with Gasteiger partial charge in [-0.2, -0.15) is 0 Å². The molecule has 0 saturated carbocycles. The van der Waals surface area contributed by atoms with E-state index < -0.39 is 0 Å². The van der Waals surface area contributed by atoms with Crippen molar-refractivity contribution < 1.29 is 13.9 Å². The van der Waals surface area contributed by atoms with Crippen molar-refractivity contribution in [2.45, 2.75) is 53.2 Å². The first-order chi connectivity index (χ1) is 18.8. The summed E-state index contributed by atoms with van der Waals surface area (Å²) in [7, 11) is 0. The maximum Gasteiger partial charge on any atom is 0.255 e. The lowest BCUT2D eigenvalue weighted by molar-refractivity contribution is 0.0947. The highest BCUT2D eigenvalue weighted by Crippen LogP contribution is 2.45. The molecule has 4 aromatic rings. The van der Waals surface area contributed by atoms with E-state index in [9.17, 15) is 4.79 Å². The molecule has 2 heterocycles. The average molecular weight is 561 g/mol. The minimum atomic E-state index is -0.103. The highest BCUT2D eigenvalue weighted by Gasteiger charge is 2.33. The topological polar surface area (TPSA) is 63.8 Å². The highest BCUT2D eigenvalue weighted by atomic mass is 35.5. The van der Waals surface area contributed by atoms with Crippen LogP contribution in [0.2, 0.25) is 5.02 Å². The smallest absolute Gasteiger partial charge is 0.255 e. The maximum absolute atomic E-state index is 13.4. The minimum absolute atomic E-state index is 0.103. The zero-order valence-electron chi connectivity index (χ0n) is 22.5. The number of hydrogen-bond acceptors (Lipinski definition) is 5. The summed E-state index contributed by atoms with van der Waals surface area (Å²) < 4.78 is 11.3.